The van der Waals surface area contributed by atoms with E-state index >= 15 is 0 Å². The Bertz CT molecular complexity index is 728. The Morgan fingerprint density at radius 2 is 1.68 bits per heavy atom. The molecule has 0 aromatic heterocycles. The average molecular weight is 359 g/mol. The van der Waals surface area contributed by atoms with E-state index in [-0.39, 0.29) is 5.91 Å². The summed E-state index contributed by atoms with van der Waals surface area (Å²) >= 11 is 5.89. The van der Waals surface area contributed by atoms with Crippen LogP contribution in [0.2, 0.25) is 5.02 Å². The van der Waals surface area contributed by atoms with E-state index in [1.165, 1.54) is 0 Å². The summed E-state index contributed by atoms with van der Waals surface area (Å²) in [6, 6.07) is 15.2. The number of amides is 1. The third-order valence-corrected chi connectivity index (χ3v) is 3.84. The second-order valence-corrected chi connectivity index (χ2v) is 5.90. The van der Waals surface area contributed by atoms with Crippen LogP contribution in [-0.2, 0) is 13.1 Å². The maximum Gasteiger partial charge on any atom is 0.251 e. The summed E-state index contributed by atoms with van der Waals surface area (Å²) in [6.07, 6.45) is 0. The zero-order valence-electron chi connectivity index (χ0n) is 14.5. The molecule has 0 fully saturated rings. The fourth-order valence-electron chi connectivity index (χ4n) is 2.28. The Morgan fingerprint density at radius 1 is 1.00 bits per heavy atom. The Morgan fingerprint density at radius 3 is 2.32 bits per heavy atom. The summed E-state index contributed by atoms with van der Waals surface area (Å²) in [5, 5.41) is 10.0. The zero-order valence-corrected chi connectivity index (χ0v) is 15.2. The summed E-state index contributed by atoms with van der Waals surface area (Å²) in [4.78, 5) is 16.1. The summed E-state index contributed by atoms with van der Waals surface area (Å²) in [7, 11) is 1.72. The molecule has 25 heavy (non-hydrogen) atoms. The lowest BCUT2D eigenvalue weighted by atomic mass is 10.1. The first-order valence-corrected chi connectivity index (χ1v) is 8.56. The fourth-order valence-corrected chi connectivity index (χ4v) is 2.41. The number of rotatable bonds is 6. The van der Waals surface area contributed by atoms with Crippen molar-refractivity contribution < 1.29 is 4.79 Å². The maximum absolute atomic E-state index is 11.9. The van der Waals surface area contributed by atoms with Crippen molar-refractivity contribution in [3.8, 4) is 0 Å². The van der Waals surface area contributed by atoms with E-state index in [9.17, 15) is 4.79 Å². The third kappa shape index (κ3) is 6.12. The fraction of sp³-hybridized carbons (Fsp3) is 0.263. The van der Waals surface area contributed by atoms with Gasteiger partial charge in [0.05, 0.1) is 0 Å². The number of nitrogens with zero attached hydrogens (tertiary/aromatic N) is 1. The van der Waals surface area contributed by atoms with Gasteiger partial charge in [0.15, 0.2) is 5.96 Å². The predicted octanol–water partition coefficient (Wildman–Crippen LogP) is 2.95. The van der Waals surface area contributed by atoms with Crippen molar-refractivity contribution in [1.29, 1.82) is 0 Å². The molecule has 3 N–H and O–H groups in total. The quantitative estimate of drug-likeness (QED) is 0.549. The first-order valence-electron chi connectivity index (χ1n) is 8.18. The van der Waals surface area contributed by atoms with Crippen LogP contribution < -0.4 is 16.0 Å². The molecule has 2 rings (SSSR count). The molecule has 2 aromatic rings. The van der Waals surface area contributed by atoms with E-state index in [0.29, 0.717) is 31.2 Å². The Kier molecular flexibility index (Phi) is 7.29. The second-order valence-electron chi connectivity index (χ2n) is 5.47. The highest BCUT2D eigenvalue weighted by Gasteiger charge is 2.05. The number of hydrogen-bond acceptors (Lipinski definition) is 2. The molecule has 0 saturated heterocycles. The van der Waals surface area contributed by atoms with E-state index < -0.39 is 0 Å². The smallest absolute Gasteiger partial charge is 0.251 e. The molecule has 0 atom stereocenters. The van der Waals surface area contributed by atoms with Gasteiger partial charge >= 0.3 is 0 Å². The molecule has 1 amide bonds. The van der Waals surface area contributed by atoms with Crippen LogP contribution in [0.4, 0.5) is 0 Å². The Hall–Kier alpha value is -2.53. The molecule has 132 valence electrons. The SMILES string of the molecule is CCNC(=O)c1cccc(CNC(=NC)NCc2ccc(Cl)cc2)c1. The number of benzene rings is 2. The number of hydrogen-bond donors (Lipinski definition) is 3. The summed E-state index contributed by atoms with van der Waals surface area (Å²) in [5.41, 5.74) is 2.79. The highest BCUT2D eigenvalue weighted by Crippen LogP contribution is 2.09. The number of halogens is 1. The molecule has 0 aliphatic carbocycles. The van der Waals surface area contributed by atoms with Crippen LogP contribution in [0.5, 0.6) is 0 Å². The highest BCUT2D eigenvalue weighted by atomic mass is 35.5. The minimum atomic E-state index is -0.0606. The monoisotopic (exact) mass is 358 g/mol. The number of guanidine groups is 1. The molecule has 0 saturated carbocycles. The minimum Gasteiger partial charge on any atom is -0.352 e. The van der Waals surface area contributed by atoms with Crippen molar-refractivity contribution in [2.24, 2.45) is 4.99 Å². The molecule has 0 aliphatic rings. The molecule has 6 heteroatoms. The molecule has 0 spiro atoms. The number of carbonyl (C=O) groups excluding carboxylic acids is 1. The maximum atomic E-state index is 11.9. The molecule has 0 bridgehead atoms. The zero-order chi connectivity index (χ0) is 18.1. The minimum absolute atomic E-state index is 0.0606. The normalized spacial score (nSPS) is 11.1. The van der Waals surface area contributed by atoms with Gasteiger partial charge in [0.2, 0.25) is 0 Å². The van der Waals surface area contributed by atoms with Gasteiger partial charge in [-0.05, 0) is 42.3 Å². The number of carbonyl (C=O) groups is 1. The first kappa shape index (κ1) is 18.8. The van der Waals surface area contributed by atoms with Gasteiger partial charge < -0.3 is 16.0 Å². The molecular weight excluding hydrogens is 336 g/mol. The molecule has 5 nitrogen and oxygen atoms in total. The van der Waals surface area contributed by atoms with Gasteiger partial charge in [-0.2, -0.15) is 0 Å². The van der Waals surface area contributed by atoms with Crippen LogP contribution in [0.1, 0.15) is 28.4 Å². The molecule has 0 radical (unpaired) electrons. The predicted molar refractivity (Wildman–Crippen MR) is 103 cm³/mol. The Labute approximate surface area is 153 Å². The molecule has 0 unspecified atom stereocenters. The van der Waals surface area contributed by atoms with Gasteiger partial charge in [-0.25, -0.2) is 0 Å². The van der Waals surface area contributed by atoms with E-state index in [0.717, 1.165) is 16.1 Å². The van der Waals surface area contributed by atoms with Crippen molar-refractivity contribution in [2.75, 3.05) is 13.6 Å². The first-order chi connectivity index (χ1) is 12.1. The topological polar surface area (TPSA) is 65.5 Å². The number of nitrogens with one attached hydrogen (secondary N) is 3. The summed E-state index contributed by atoms with van der Waals surface area (Å²) in [5.74, 6) is 0.632. The second kappa shape index (κ2) is 9.69. The lowest BCUT2D eigenvalue weighted by Crippen LogP contribution is -2.36. The lowest BCUT2D eigenvalue weighted by molar-refractivity contribution is 0.0955. The van der Waals surface area contributed by atoms with E-state index in [2.05, 4.69) is 20.9 Å². The van der Waals surface area contributed by atoms with Gasteiger partial charge in [-0.3, -0.25) is 9.79 Å². The highest BCUT2D eigenvalue weighted by molar-refractivity contribution is 6.30. The van der Waals surface area contributed by atoms with Crippen LogP contribution in [0.3, 0.4) is 0 Å². The van der Waals surface area contributed by atoms with Crippen molar-refractivity contribution in [3.63, 3.8) is 0 Å². The summed E-state index contributed by atoms with van der Waals surface area (Å²) < 4.78 is 0. The molecule has 2 aromatic carbocycles. The van der Waals surface area contributed by atoms with Crippen molar-refractivity contribution in [3.05, 3.63) is 70.2 Å². The van der Waals surface area contributed by atoms with E-state index in [1.807, 2.05) is 55.5 Å². The van der Waals surface area contributed by atoms with Crippen LogP contribution in [0.15, 0.2) is 53.5 Å². The standard InChI is InChI=1S/C19H23ClN4O/c1-3-22-18(25)16-6-4-5-15(11-16)13-24-19(21-2)23-12-14-7-9-17(20)10-8-14/h4-11H,3,12-13H2,1-2H3,(H,22,25)(H2,21,23,24). The Balaban J connectivity index is 1.89. The van der Waals surface area contributed by atoms with Gasteiger partial charge in [-0.1, -0.05) is 35.9 Å². The van der Waals surface area contributed by atoms with E-state index in [4.69, 9.17) is 11.6 Å². The van der Waals surface area contributed by atoms with Crippen molar-refractivity contribution in [2.45, 2.75) is 20.0 Å². The van der Waals surface area contributed by atoms with Crippen LogP contribution in [-0.4, -0.2) is 25.5 Å². The van der Waals surface area contributed by atoms with Gasteiger partial charge in [0.25, 0.3) is 5.91 Å². The number of aliphatic imine (C=N–C) groups is 1. The third-order valence-electron chi connectivity index (χ3n) is 3.58. The van der Waals surface area contributed by atoms with Gasteiger partial charge in [0, 0.05) is 37.3 Å². The van der Waals surface area contributed by atoms with Crippen LogP contribution in [0.25, 0.3) is 0 Å². The van der Waals surface area contributed by atoms with Gasteiger partial charge in [0.1, 0.15) is 0 Å². The molecular formula is C19H23ClN4O. The molecule has 0 heterocycles. The van der Waals surface area contributed by atoms with E-state index in [1.54, 1.807) is 7.05 Å². The average Bonchev–Trinajstić information content (AvgIpc) is 2.64. The van der Waals surface area contributed by atoms with Crippen LogP contribution >= 0.6 is 11.6 Å². The summed E-state index contributed by atoms with van der Waals surface area (Å²) in [6.45, 7) is 3.74. The lowest BCUT2D eigenvalue weighted by Gasteiger charge is -2.12. The largest absolute Gasteiger partial charge is 0.352 e. The van der Waals surface area contributed by atoms with Crippen LogP contribution in [0, 0.1) is 0 Å². The molecule has 0 aliphatic heterocycles. The van der Waals surface area contributed by atoms with Gasteiger partial charge in [-0.15, -0.1) is 0 Å². The van der Waals surface area contributed by atoms with Crippen molar-refractivity contribution in [1.82, 2.24) is 16.0 Å². The van der Waals surface area contributed by atoms with Crippen molar-refractivity contribution >= 4 is 23.5 Å².